The van der Waals surface area contributed by atoms with Gasteiger partial charge in [0.2, 0.25) is 5.95 Å². The molecule has 0 bridgehead atoms. The van der Waals surface area contributed by atoms with E-state index in [1.54, 1.807) is 24.6 Å². The highest BCUT2D eigenvalue weighted by Gasteiger charge is 2.24. The number of urea groups is 1. The van der Waals surface area contributed by atoms with Crippen LogP contribution in [0.4, 0.5) is 10.7 Å². The monoisotopic (exact) mass is 477 g/mol. The molecule has 176 valence electrons. The molecule has 1 aliphatic rings. The molecule has 0 aliphatic carbocycles. The standard InChI is InChI=1S/C24H27N7O2S/c1-3-25-23(32)30-11-8-17(9-12-30)27-22-26-10-7-19(28-22)21-20(29-24-31(21)13-14-34-24)16-5-4-6-18(15-16)33-2/h4-7,10,13-15,17H,3,8-9,11-12H2,1-2H3,(H,25,32)(H,26,27,28). The molecule has 3 aromatic heterocycles. The van der Waals surface area contributed by atoms with E-state index in [0.717, 1.165) is 46.2 Å². The second-order valence-electron chi connectivity index (χ2n) is 8.10. The number of fused-ring (bicyclic) bond motifs is 1. The van der Waals surface area contributed by atoms with E-state index >= 15 is 0 Å². The highest BCUT2D eigenvalue weighted by atomic mass is 32.1. The van der Waals surface area contributed by atoms with E-state index in [0.29, 0.717) is 25.6 Å². The Morgan fingerprint density at radius 2 is 2.09 bits per heavy atom. The van der Waals surface area contributed by atoms with E-state index in [2.05, 4.69) is 20.0 Å². The van der Waals surface area contributed by atoms with Gasteiger partial charge >= 0.3 is 6.03 Å². The van der Waals surface area contributed by atoms with Crippen molar-refractivity contribution < 1.29 is 9.53 Å². The number of amides is 2. The lowest BCUT2D eigenvalue weighted by Gasteiger charge is -2.32. The van der Waals surface area contributed by atoms with Crippen LogP contribution >= 0.6 is 11.3 Å². The average molecular weight is 478 g/mol. The lowest BCUT2D eigenvalue weighted by molar-refractivity contribution is 0.184. The first-order chi connectivity index (χ1) is 16.7. The average Bonchev–Trinajstić information content (AvgIpc) is 3.46. The Bertz CT molecular complexity index is 1290. The zero-order chi connectivity index (χ0) is 23.5. The van der Waals surface area contributed by atoms with Gasteiger partial charge in [0.05, 0.1) is 18.5 Å². The van der Waals surface area contributed by atoms with Crippen LogP contribution in [0.25, 0.3) is 27.6 Å². The Balaban J connectivity index is 1.40. The van der Waals surface area contributed by atoms with Crippen molar-refractivity contribution >= 4 is 28.3 Å². The number of methoxy groups -OCH3 is 1. The number of carbonyl (C=O) groups excluding carboxylic acids is 1. The first-order valence-corrected chi connectivity index (χ1v) is 12.3. The maximum Gasteiger partial charge on any atom is 0.317 e. The van der Waals surface area contributed by atoms with Gasteiger partial charge in [-0.15, -0.1) is 11.3 Å². The number of thiazole rings is 1. The smallest absolute Gasteiger partial charge is 0.317 e. The molecule has 1 aliphatic heterocycles. The van der Waals surface area contributed by atoms with Crippen LogP contribution in [0.15, 0.2) is 48.1 Å². The number of nitrogens with one attached hydrogen (secondary N) is 2. The zero-order valence-electron chi connectivity index (χ0n) is 19.2. The van der Waals surface area contributed by atoms with Crippen LogP contribution in [0.1, 0.15) is 19.8 Å². The lowest BCUT2D eigenvalue weighted by Crippen LogP contribution is -2.46. The number of imidazole rings is 1. The number of rotatable bonds is 6. The van der Waals surface area contributed by atoms with Crippen LogP contribution in [0.3, 0.4) is 0 Å². The summed E-state index contributed by atoms with van der Waals surface area (Å²) in [6.45, 7) is 3.99. The molecule has 0 unspecified atom stereocenters. The van der Waals surface area contributed by atoms with Crippen molar-refractivity contribution in [1.29, 1.82) is 0 Å². The molecule has 4 heterocycles. The molecule has 5 rings (SSSR count). The van der Waals surface area contributed by atoms with Crippen LogP contribution in [-0.4, -0.2) is 63.1 Å². The number of likely N-dealkylation sites (tertiary alicyclic amines) is 1. The zero-order valence-corrected chi connectivity index (χ0v) is 20.0. The van der Waals surface area contributed by atoms with Crippen molar-refractivity contribution in [3.05, 3.63) is 48.1 Å². The fourth-order valence-electron chi connectivity index (χ4n) is 4.23. The highest BCUT2D eigenvalue weighted by molar-refractivity contribution is 7.15. The topological polar surface area (TPSA) is 96.7 Å². The summed E-state index contributed by atoms with van der Waals surface area (Å²) < 4.78 is 7.49. The minimum atomic E-state index is 0.00443. The van der Waals surface area contributed by atoms with Crippen LogP contribution in [-0.2, 0) is 0 Å². The van der Waals surface area contributed by atoms with Crippen molar-refractivity contribution in [2.75, 3.05) is 32.1 Å². The first kappa shape index (κ1) is 22.1. The Morgan fingerprint density at radius 1 is 1.24 bits per heavy atom. The third-order valence-corrected chi connectivity index (χ3v) is 6.70. The Hall–Kier alpha value is -3.66. The Labute approximate surface area is 201 Å². The minimum absolute atomic E-state index is 0.00443. The quantitative estimate of drug-likeness (QED) is 0.433. The molecule has 10 heteroatoms. The summed E-state index contributed by atoms with van der Waals surface area (Å²) in [5, 5.41) is 8.35. The number of piperidine rings is 1. The van der Waals surface area contributed by atoms with Crippen molar-refractivity contribution in [1.82, 2.24) is 29.6 Å². The van der Waals surface area contributed by atoms with Crippen LogP contribution in [0.2, 0.25) is 0 Å². The number of ether oxygens (including phenoxy) is 1. The normalized spacial score (nSPS) is 14.4. The number of hydrogen-bond donors (Lipinski definition) is 2. The van der Waals surface area contributed by atoms with Crippen molar-refractivity contribution in [3.8, 4) is 28.4 Å². The fourth-order valence-corrected chi connectivity index (χ4v) is 4.95. The summed E-state index contributed by atoms with van der Waals surface area (Å²) in [5.74, 6) is 1.36. The summed E-state index contributed by atoms with van der Waals surface area (Å²) in [4.78, 5) is 29.0. The molecule has 0 spiro atoms. The minimum Gasteiger partial charge on any atom is -0.497 e. The molecule has 2 N–H and O–H groups in total. The summed E-state index contributed by atoms with van der Waals surface area (Å²) in [6, 6.07) is 10.0. The van der Waals surface area contributed by atoms with Gasteiger partial charge in [-0.1, -0.05) is 12.1 Å². The summed E-state index contributed by atoms with van der Waals surface area (Å²) in [6.07, 6.45) is 5.48. The fraction of sp³-hybridized carbons (Fsp3) is 0.333. The molecule has 0 atom stereocenters. The van der Waals surface area contributed by atoms with Gasteiger partial charge in [0.25, 0.3) is 0 Å². The number of aromatic nitrogens is 4. The molecule has 4 aromatic rings. The van der Waals surface area contributed by atoms with E-state index in [1.807, 2.05) is 53.7 Å². The van der Waals surface area contributed by atoms with Gasteiger partial charge in [-0.25, -0.2) is 19.7 Å². The van der Waals surface area contributed by atoms with E-state index in [1.165, 1.54) is 0 Å². The molecule has 9 nitrogen and oxygen atoms in total. The molecule has 1 fully saturated rings. The maximum absolute atomic E-state index is 12.1. The summed E-state index contributed by atoms with van der Waals surface area (Å²) in [7, 11) is 1.66. The number of carbonyl (C=O) groups is 1. The number of anilines is 1. The summed E-state index contributed by atoms with van der Waals surface area (Å²) in [5.41, 5.74) is 3.53. The van der Waals surface area contributed by atoms with Crippen LogP contribution in [0.5, 0.6) is 5.75 Å². The van der Waals surface area contributed by atoms with Gasteiger partial charge in [0.15, 0.2) is 4.96 Å². The van der Waals surface area contributed by atoms with Crippen LogP contribution in [0, 0.1) is 0 Å². The second-order valence-corrected chi connectivity index (χ2v) is 8.98. The highest BCUT2D eigenvalue weighted by Crippen LogP contribution is 2.35. The maximum atomic E-state index is 12.1. The van der Waals surface area contributed by atoms with Crippen LogP contribution < -0.4 is 15.4 Å². The molecule has 2 amide bonds. The van der Waals surface area contributed by atoms with Gasteiger partial charge in [-0.3, -0.25) is 4.40 Å². The molecule has 1 saturated heterocycles. The van der Waals surface area contributed by atoms with E-state index in [9.17, 15) is 4.79 Å². The molecule has 34 heavy (non-hydrogen) atoms. The molecule has 1 aromatic carbocycles. The van der Waals surface area contributed by atoms with E-state index < -0.39 is 0 Å². The van der Waals surface area contributed by atoms with Gasteiger partial charge in [0, 0.05) is 49.0 Å². The number of nitrogens with zero attached hydrogens (tertiary/aromatic N) is 5. The Morgan fingerprint density at radius 3 is 2.88 bits per heavy atom. The number of hydrogen-bond acceptors (Lipinski definition) is 7. The summed E-state index contributed by atoms with van der Waals surface area (Å²) >= 11 is 1.58. The SMILES string of the molecule is CCNC(=O)N1CCC(Nc2nccc(-c3c(-c4cccc(OC)c4)nc4sccn34)n2)CC1. The Kier molecular flexibility index (Phi) is 6.31. The lowest BCUT2D eigenvalue weighted by atomic mass is 10.1. The van der Waals surface area contributed by atoms with E-state index in [-0.39, 0.29) is 12.1 Å². The third-order valence-electron chi connectivity index (χ3n) is 5.95. The van der Waals surface area contributed by atoms with Gasteiger partial charge < -0.3 is 20.3 Å². The van der Waals surface area contributed by atoms with Crippen molar-refractivity contribution in [3.63, 3.8) is 0 Å². The largest absolute Gasteiger partial charge is 0.497 e. The predicted octanol–water partition coefficient (Wildman–Crippen LogP) is 4.13. The van der Waals surface area contributed by atoms with Gasteiger partial charge in [-0.05, 0) is 38.0 Å². The van der Waals surface area contributed by atoms with Crippen molar-refractivity contribution in [2.45, 2.75) is 25.8 Å². The predicted molar refractivity (Wildman–Crippen MR) is 133 cm³/mol. The van der Waals surface area contributed by atoms with Gasteiger partial charge in [-0.2, -0.15) is 0 Å². The number of benzene rings is 1. The van der Waals surface area contributed by atoms with E-state index in [4.69, 9.17) is 14.7 Å². The first-order valence-electron chi connectivity index (χ1n) is 11.4. The molecule has 0 saturated carbocycles. The van der Waals surface area contributed by atoms with Gasteiger partial charge in [0.1, 0.15) is 11.4 Å². The molecular formula is C24H27N7O2S. The third kappa shape index (κ3) is 4.41. The van der Waals surface area contributed by atoms with Crippen molar-refractivity contribution in [2.24, 2.45) is 0 Å². The molecular weight excluding hydrogens is 450 g/mol. The molecule has 0 radical (unpaired) electrons. The second kappa shape index (κ2) is 9.68.